The van der Waals surface area contributed by atoms with Gasteiger partial charge in [-0.05, 0) is 47.0 Å². The number of carbonyl (C=O) groups excluding carboxylic acids is 1. The highest BCUT2D eigenvalue weighted by atomic mass is 32.1. The number of hydrogen-bond donors (Lipinski definition) is 0. The molecule has 5 nitrogen and oxygen atoms in total. The quantitative estimate of drug-likeness (QED) is 0.839. The largest absolute Gasteiger partial charge is 0.444 e. The van der Waals surface area contributed by atoms with Gasteiger partial charge in [0.25, 0.3) is 0 Å². The second-order valence-electron chi connectivity index (χ2n) is 6.67. The Bertz CT molecular complexity index is 470. The van der Waals surface area contributed by atoms with E-state index >= 15 is 0 Å². The summed E-state index contributed by atoms with van der Waals surface area (Å²) < 4.78 is 11.4. The topological polar surface area (TPSA) is 51.7 Å². The predicted octanol–water partition coefficient (Wildman–Crippen LogP) is 4.01. The average molecular weight is 326 g/mol. The van der Waals surface area contributed by atoms with Crippen LogP contribution in [-0.2, 0) is 9.47 Å². The van der Waals surface area contributed by atoms with Crippen molar-refractivity contribution < 1.29 is 14.3 Å². The Balaban J connectivity index is 1.90. The van der Waals surface area contributed by atoms with Crippen molar-refractivity contribution in [1.29, 1.82) is 0 Å². The zero-order chi connectivity index (χ0) is 16.2. The van der Waals surface area contributed by atoms with Crippen molar-refractivity contribution in [2.24, 2.45) is 0 Å². The van der Waals surface area contributed by atoms with Gasteiger partial charge in [-0.15, -0.1) is 11.3 Å². The van der Waals surface area contributed by atoms with Crippen molar-refractivity contribution in [2.75, 3.05) is 13.2 Å². The monoisotopic (exact) mass is 326 g/mol. The van der Waals surface area contributed by atoms with E-state index in [1.165, 1.54) is 0 Å². The first kappa shape index (κ1) is 17.2. The van der Waals surface area contributed by atoms with Gasteiger partial charge in [0, 0.05) is 18.1 Å². The number of thiazole rings is 1. The highest BCUT2D eigenvalue weighted by Crippen LogP contribution is 2.24. The lowest BCUT2D eigenvalue weighted by molar-refractivity contribution is -0.0211. The van der Waals surface area contributed by atoms with Crippen LogP contribution in [0.5, 0.6) is 0 Å². The lowest BCUT2D eigenvalue weighted by Crippen LogP contribution is -2.48. The molecule has 2 atom stereocenters. The van der Waals surface area contributed by atoms with E-state index in [1.54, 1.807) is 17.5 Å². The zero-order valence-electron chi connectivity index (χ0n) is 13.9. The minimum atomic E-state index is -0.464. The molecule has 6 heteroatoms. The normalized spacial score (nSPS) is 20.7. The third-order valence-corrected chi connectivity index (χ3v) is 4.53. The number of aromatic nitrogens is 1. The van der Waals surface area contributed by atoms with Gasteiger partial charge in [-0.25, -0.2) is 9.78 Å². The Morgan fingerprint density at radius 2 is 2.27 bits per heavy atom. The highest BCUT2D eigenvalue weighted by molar-refractivity contribution is 7.09. The fourth-order valence-electron chi connectivity index (χ4n) is 2.50. The number of piperidine rings is 1. The van der Waals surface area contributed by atoms with Crippen LogP contribution >= 0.6 is 11.3 Å². The van der Waals surface area contributed by atoms with Gasteiger partial charge in [-0.3, -0.25) is 0 Å². The maximum atomic E-state index is 12.3. The molecule has 0 spiro atoms. The minimum Gasteiger partial charge on any atom is -0.444 e. The van der Waals surface area contributed by atoms with E-state index in [1.807, 2.05) is 38.0 Å². The summed E-state index contributed by atoms with van der Waals surface area (Å²) in [6, 6.07) is 0.0889. The number of likely N-dealkylation sites (tertiary alicyclic amines) is 1. The van der Waals surface area contributed by atoms with E-state index in [-0.39, 0.29) is 18.2 Å². The first-order chi connectivity index (χ1) is 10.4. The molecule has 0 saturated carbocycles. The lowest BCUT2D eigenvalue weighted by Gasteiger charge is -2.36. The molecule has 0 aromatic carbocycles. The van der Waals surface area contributed by atoms with Crippen LogP contribution in [0.2, 0.25) is 0 Å². The van der Waals surface area contributed by atoms with Crippen molar-refractivity contribution in [3.05, 3.63) is 16.6 Å². The van der Waals surface area contributed by atoms with E-state index in [4.69, 9.17) is 9.47 Å². The summed E-state index contributed by atoms with van der Waals surface area (Å²) in [5.41, 5.74) is -0.464. The van der Waals surface area contributed by atoms with Gasteiger partial charge in [0.15, 0.2) is 0 Å². The molecule has 2 rings (SSSR count). The molecular formula is C16H26N2O3S. The van der Waals surface area contributed by atoms with Crippen LogP contribution < -0.4 is 0 Å². The van der Waals surface area contributed by atoms with Crippen LogP contribution in [0.3, 0.4) is 0 Å². The average Bonchev–Trinajstić information content (AvgIpc) is 2.97. The van der Waals surface area contributed by atoms with Crippen LogP contribution in [0.1, 0.15) is 58.1 Å². The summed E-state index contributed by atoms with van der Waals surface area (Å²) in [6.45, 7) is 8.95. The molecule has 1 aliphatic heterocycles. The standard InChI is InChI=1S/C16H26N2O3S/c1-12(14-17-8-10-22-14)20-11-13-7-5-6-9-18(13)15(19)21-16(2,3)4/h8,10,12-13H,5-7,9,11H2,1-4H3/t12-,13-/m0/s1. The van der Waals surface area contributed by atoms with Crippen molar-refractivity contribution in [3.8, 4) is 0 Å². The van der Waals surface area contributed by atoms with Crippen LogP contribution in [-0.4, -0.2) is 40.8 Å². The van der Waals surface area contributed by atoms with E-state index in [0.29, 0.717) is 6.61 Å². The van der Waals surface area contributed by atoms with Gasteiger partial charge in [-0.2, -0.15) is 0 Å². The third kappa shape index (κ3) is 4.95. The van der Waals surface area contributed by atoms with Gasteiger partial charge in [0.05, 0.1) is 12.6 Å². The molecule has 0 radical (unpaired) electrons. The van der Waals surface area contributed by atoms with Crippen molar-refractivity contribution in [2.45, 2.75) is 64.7 Å². The molecule has 0 bridgehead atoms. The fourth-order valence-corrected chi connectivity index (χ4v) is 3.14. The van der Waals surface area contributed by atoms with Crippen LogP contribution in [0, 0.1) is 0 Å². The van der Waals surface area contributed by atoms with Gasteiger partial charge >= 0.3 is 6.09 Å². The summed E-state index contributed by atoms with van der Waals surface area (Å²) in [4.78, 5) is 18.4. The lowest BCUT2D eigenvalue weighted by atomic mass is 10.0. The van der Waals surface area contributed by atoms with Crippen molar-refractivity contribution >= 4 is 17.4 Å². The van der Waals surface area contributed by atoms with Crippen molar-refractivity contribution in [1.82, 2.24) is 9.88 Å². The second-order valence-corrected chi connectivity index (χ2v) is 7.60. The van der Waals surface area contributed by atoms with Crippen LogP contribution in [0.4, 0.5) is 4.79 Å². The molecule has 0 N–H and O–H groups in total. The second kappa shape index (κ2) is 7.42. The summed E-state index contributed by atoms with van der Waals surface area (Å²) in [7, 11) is 0. The van der Waals surface area contributed by atoms with E-state index in [9.17, 15) is 4.79 Å². The Morgan fingerprint density at radius 3 is 2.91 bits per heavy atom. The molecule has 1 aliphatic rings. The van der Waals surface area contributed by atoms with Gasteiger partial charge < -0.3 is 14.4 Å². The van der Waals surface area contributed by atoms with Crippen LogP contribution in [0.25, 0.3) is 0 Å². The molecule has 1 saturated heterocycles. The van der Waals surface area contributed by atoms with Crippen molar-refractivity contribution in [3.63, 3.8) is 0 Å². The SMILES string of the molecule is C[C@H](OC[C@@H]1CCCCN1C(=O)OC(C)(C)C)c1nccs1. The molecular weight excluding hydrogens is 300 g/mol. The maximum absolute atomic E-state index is 12.3. The Morgan fingerprint density at radius 1 is 1.50 bits per heavy atom. The molecule has 0 unspecified atom stereocenters. The first-order valence-electron chi connectivity index (χ1n) is 7.87. The number of rotatable bonds is 4. The molecule has 1 fully saturated rings. The Kier molecular flexibility index (Phi) is 5.81. The Hall–Kier alpha value is -1.14. The predicted molar refractivity (Wildman–Crippen MR) is 87.1 cm³/mol. The number of amides is 1. The molecule has 22 heavy (non-hydrogen) atoms. The van der Waals surface area contributed by atoms with E-state index < -0.39 is 5.60 Å². The third-order valence-electron chi connectivity index (χ3n) is 3.59. The fraction of sp³-hybridized carbons (Fsp3) is 0.750. The number of hydrogen-bond acceptors (Lipinski definition) is 5. The molecule has 124 valence electrons. The zero-order valence-corrected chi connectivity index (χ0v) is 14.7. The summed E-state index contributed by atoms with van der Waals surface area (Å²) in [5.74, 6) is 0. The molecule has 2 heterocycles. The van der Waals surface area contributed by atoms with Gasteiger partial charge in [-0.1, -0.05) is 0 Å². The molecule has 1 amide bonds. The minimum absolute atomic E-state index is 0.0394. The summed E-state index contributed by atoms with van der Waals surface area (Å²) in [5, 5.41) is 2.92. The smallest absolute Gasteiger partial charge is 0.410 e. The van der Waals surface area contributed by atoms with Gasteiger partial charge in [0.2, 0.25) is 0 Å². The Labute approximate surface area is 136 Å². The van der Waals surface area contributed by atoms with Gasteiger partial charge in [0.1, 0.15) is 16.7 Å². The maximum Gasteiger partial charge on any atom is 0.410 e. The van der Waals surface area contributed by atoms with E-state index in [0.717, 1.165) is 30.8 Å². The summed E-state index contributed by atoms with van der Waals surface area (Å²) >= 11 is 1.59. The highest BCUT2D eigenvalue weighted by Gasteiger charge is 2.31. The molecule has 1 aromatic rings. The summed E-state index contributed by atoms with van der Waals surface area (Å²) in [6.07, 6.45) is 4.62. The molecule has 1 aromatic heterocycles. The van der Waals surface area contributed by atoms with E-state index in [2.05, 4.69) is 4.98 Å². The first-order valence-corrected chi connectivity index (χ1v) is 8.75. The van der Waals surface area contributed by atoms with Crippen LogP contribution in [0.15, 0.2) is 11.6 Å². The number of ether oxygens (including phenoxy) is 2. The number of carbonyl (C=O) groups is 1. The molecule has 0 aliphatic carbocycles. The number of nitrogens with zero attached hydrogens (tertiary/aromatic N) is 2.